The van der Waals surface area contributed by atoms with Crippen LogP contribution in [0.3, 0.4) is 0 Å². The molecule has 31 heavy (non-hydrogen) atoms. The van der Waals surface area contributed by atoms with E-state index >= 15 is 0 Å². The molecule has 0 aliphatic rings. The van der Waals surface area contributed by atoms with Gasteiger partial charge in [-0.1, -0.05) is 28.1 Å². The van der Waals surface area contributed by atoms with Gasteiger partial charge in [-0.15, -0.1) is 0 Å². The first-order valence-electron chi connectivity index (χ1n) is 9.34. The van der Waals surface area contributed by atoms with Crippen LogP contribution in [0.4, 0.5) is 0 Å². The quantitative estimate of drug-likeness (QED) is 0.264. The number of ether oxygens (including phenoxy) is 3. The normalized spacial score (nSPS) is 10.3. The molecule has 7 heteroatoms. The molecule has 0 aromatic heterocycles. The van der Waals surface area contributed by atoms with Gasteiger partial charge in [0, 0.05) is 10.0 Å². The third kappa shape index (κ3) is 6.52. The number of hydrogen-bond donors (Lipinski definition) is 0. The second-order valence-electron chi connectivity index (χ2n) is 6.53. The fourth-order valence-electron chi connectivity index (χ4n) is 2.65. The molecule has 0 N–H and O–H groups in total. The molecule has 0 amide bonds. The minimum Gasteiger partial charge on any atom is -0.497 e. The maximum absolute atomic E-state index is 12.3. The van der Waals surface area contributed by atoms with Crippen LogP contribution in [-0.2, 0) is 16.0 Å². The number of benzene rings is 3. The van der Waals surface area contributed by atoms with Gasteiger partial charge in [-0.2, -0.15) is 0 Å². The maximum atomic E-state index is 12.3. The Balaban J connectivity index is 1.49. The summed E-state index contributed by atoms with van der Waals surface area (Å²) >= 11 is 3.31. The fourth-order valence-corrected chi connectivity index (χ4v) is 2.92. The number of hydrogen-bond acceptors (Lipinski definition) is 6. The predicted octanol–water partition coefficient (Wildman–Crippen LogP) is 4.65. The van der Waals surface area contributed by atoms with E-state index in [1.54, 1.807) is 55.6 Å². The van der Waals surface area contributed by atoms with Crippen LogP contribution in [0.25, 0.3) is 0 Å². The van der Waals surface area contributed by atoms with Crippen LogP contribution < -0.4 is 9.47 Å². The molecule has 0 radical (unpaired) electrons. The molecule has 0 atom stereocenters. The number of carbonyl (C=O) groups excluding carboxylic acids is 3. The molecule has 3 aromatic carbocycles. The first kappa shape index (κ1) is 22.2. The lowest BCUT2D eigenvalue weighted by molar-refractivity contribution is -0.141. The van der Waals surface area contributed by atoms with E-state index in [9.17, 15) is 14.4 Å². The van der Waals surface area contributed by atoms with Crippen molar-refractivity contribution in [2.75, 3.05) is 13.7 Å². The second kappa shape index (κ2) is 10.5. The summed E-state index contributed by atoms with van der Waals surface area (Å²) in [4.78, 5) is 36.4. The van der Waals surface area contributed by atoms with Gasteiger partial charge >= 0.3 is 11.9 Å². The van der Waals surface area contributed by atoms with E-state index in [0.717, 1.165) is 10.0 Å². The standard InChI is InChI=1S/C24H19BrO6/c1-29-20-10-2-16(3-11-20)14-23(27)30-15-22(26)17-6-12-21(13-7-17)31-24(28)18-4-8-19(25)9-5-18/h2-13H,14-15H2,1H3. The van der Waals surface area contributed by atoms with Gasteiger partial charge < -0.3 is 14.2 Å². The lowest BCUT2D eigenvalue weighted by Crippen LogP contribution is -2.15. The lowest BCUT2D eigenvalue weighted by atomic mass is 10.1. The summed E-state index contributed by atoms with van der Waals surface area (Å²) < 4.78 is 16.3. The van der Waals surface area contributed by atoms with Crippen molar-refractivity contribution in [2.24, 2.45) is 0 Å². The van der Waals surface area contributed by atoms with Crippen molar-refractivity contribution >= 4 is 33.7 Å². The van der Waals surface area contributed by atoms with Crippen molar-refractivity contribution in [3.63, 3.8) is 0 Å². The van der Waals surface area contributed by atoms with Crippen molar-refractivity contribution < 1.29 is 28.6 Å². The third-order valence-corrected chi connectivity index (χ3v) is 4.87. The molecular formula is C24H19BrO6. The Labute approximate surface area is 187 Å². The molecule has 0 bridgehead atoms. The molecule has 0 unspecified atom stereocenters. The monoisotopic (exact) mass is 482 g/mol. The third-order valence-electron chi connectivity index (χ3n) is 4.34. The summed E-state index contributed by atoms with van der Waals surface area (Å²) in [6, 6.07) is 19.9. The van der Waals surface area contributed by atoms with Gasteiger partial charge in [0.2, 0.25) is 0 Å². The summed E-state index contributed by atoms with van der Waals surface area (Å²) in [5, 5.41) is 0. The molecule has 0 aliphatic heterocycles. The van der Waals surface area contributed by atoms with Crippen LogP contribution in [-0.4, -0.2) is 31.4 Å². The van der Waals surface area contributed by atoms with E-state index in [2.05, 4.69) is 15.9 Å². The smallest absolute Gasteiger partial charge is 0.343 e. The summed E-state index contributed by atoms with van der Waals surface area (Å²) in [5.74, 6) is -0.356. The number of rotatable bonds is 8. The van der Waals surface area contributed by atoms with Gasteiger partial charge in [0.25, 0.3) is 0 Å². The van der Waals surface area contributed by atoms with Gasteiger partial charge in [-0.25, -0.2) is 4.79 Å². The Hall–Kier alpha value is -3.45. The average molecular weight is 483 g/mol. The van der Waals surface area contributed by atoms with Gasteiger partial charge in [-0.3, -0.25) is 9.59 Å². The molecule has 6 nitrogen and oxygen atoms in total. The Morgan fingerprint density at radius 2 is 1.35 bits per heavy atom. The molecule has 158 valence electrons. The van der Waals surface area contributed by atoms with Crippen molar-refractivity contribution in [3.05, 3.63) is 94.0 Å². The van der Waals surface area contributed by atoms with Crippen molar-refractivity contribution in [3.8, 4) is 11.5 Å². The maximum Gasteiger partial charge on any atom is 0.343 e. The average Bonchev–Trinajstić information content (AvgIpc) is 2.79. The number of esters is 2. The van der Waals surface area contributed by atoms with Gasteiger partial charge in [-0.05, 0) is 66.2 Å². The Morgan fingerprint density at radius 3 is 1.97 bits per heavy atom. The minimum absolute atomic E-state index is 0.0578. The summed E-state index contributed by atoms with van der Waals surface area (Å²) in [5.41, 5.74) is 1.52. The highest BCUT2D eigenvalue weighted by Crippen LogP contribution is 2.17. The molecule has 0 spiro atoms. The van der Waals surface area contributed by atoms with Crippen molar-refractivity contribution in [2.45, 2.75) is 6.42 Å². The highest BCUT2D eigenvalue weighted by atomic mass is 79.9. The lowest BCUT2D eigenvalue weighted by Gasteiger charge is -2.07. The van der Waals surface area contributed by atoms with E-state index < -0.39 is 11.9 Å². The zero-order chi connectivity index (χ0) is 22.2. The number of methoxy groups -OCH3 is 1. The van der Waals surface area contributed by atoms with Crippen molar-refractivity contribution in [1.82, 2.24) is 0 Å². The summed E-state index contributed by atoms with van der Waals surface area (Å²) in [6.07, 6.45) is 0.0578. The van der Waals surface area contributed by atoms with Crippen LogP contribution >= 0.6 is 15.9 Å². The molecule has 0 saturated heterocycles. The van der Waals surface area contributed by atoms with Gasteiger partial charge in [0.15, 0.2) is 12.4 Å². The molecule has 3 rings (SSSR count). The van der Waals surface area contributed by atoms with Gasteiger partial charge in [0.05, 0.1) is 19.1 Å². The predicted molar refractivity (Wildman–Crippen MR) is 118 cm³/mol. The number of ketones is 1. The topological polar surface area (TPSA) is 78.9 Å². The van der Waals surface area contributed by atoms with Crippen LogP contribution in [0, 0.1) is 0 Å². The van der Waals surface area contributed by atoms with E-state index in [-0.39, 0.29) is 18.8 Å². The molecule has 0 fully saturated rings. The van der Waals surface area contributed by atoms with E-state index in [4.69, 9.17) is 14.2 Å². The SMILES string of the molecule is COc1ccc(CC(=O)OCC(=O)c2ccc(OC(=O)c3ccc(Br)cc3)cc2)cc1. The largest absolute Gasteiger partial charge is 0.497 e. The van der Waals surface area contributed by atoms with Crippen LogP contribution in [0.15, 0.2) is 77.3 Å². The zero-order valence-electron chi connectivity index (χ0n) is 16.7. The number of halogens is 1. The number of Topliss-reactive ketones (excluding diaryl/α,β-unsaturated/α-hetero) is 1. The fraction of sp³-hybridized carbons (Fsp3) is 0.125. The first-order valence-corrected chi connectivity index (χ1v) is 10.1. The van der Waals surface area contributed by atoms with Crippen LogP contribution in [0.5, 0.6) is 11.5 Å². The van der Waals surface area contributed by atoms with E-state index in [0.29, 0.717) is 22.6 Å². The first-order chi connectivity index (χ1) is 14.9. The highest BCUT2D eigenvalue weighted by molar-refractivity contribution is 9.10. The second-order valence-corrected chi connectivity index (χ2v) is 7.45. The number of carbonyl (C=O) groups is 3. The zero-order valence-corrected chi connectivity index (χ0v) is 18.3. The van der Waals surface area contributed by atoms with Crippen LogP contribution in [0.2, 0.25) is 0 Å². The highest BCUT2D eigenvalue weighted by Gasteiger charge is 2.13. The molecule has 0 saturated carbocycles. The minimum atomic E-state index is -0.501. The Bertz CT molecular complexity index is 1060. The molecule has 0 heterocycles. The van der Waals surface area contributed by atoms with Crippen LogP contribution in [0.1, 0.15) is 26.3 Å². The molecular weight excluding hydrogens is 464 g/mol. The Kier molecular flexibility index (Phi) is 7.56. The van der Waals surface area contributed by atoms with E-state index in [1.165, 1.54) is 24.3 Å². The van der Waals surface area contributed by atoms with E-state index in [1.807, 2.05) is 0 Å². The molecule has 3 aromatic rings. The summed E-state index contributed by atoms with van der Waals surface area (Å²) in [6.45, 7) is -0.368. The summed E-state index contributed by atoms with van der Waals surface area (Å²) in [7, 11) is 1.56. The Morgan fingerprint density at radius 1 is 0.774 bits per heavy atom. The molecule has 0 aliphatic carbocycles. The van der Waals surface area contributed by atoms with Gasteiger partial charge in [0.1, 0.15) is 11.5 Å². The van der Waals surface area contributed by atoms with Crippen molar-refractivity contribution in [1.29, 1.82) is 0 Å².